The molecule has 0 radical (unpaired) electrons. The number of esters is 2. The highest BCUT2D eigenvalue weighted by atomic mass is 31.2. The molecule has 1 atom stereocenters. The van der Waals surface area contributed by atoms with E-state index in [0.717, 1.165) is 51.4 Å². The van der Waals surface area contributed by atoms with E-state index in [2.05, 4.69) is 97.4 Å². The van der Waals surface area contributed by atoms with E-state index in [4.69, 9.17) is 19.3 Å². The molecule has 0 spiro atoms. The first-order chi connectivity index (χ1) is 26.3. The summed E-state index contributed by atoms with van der Waals surface area (Å²) in [5.74, 6) is -1.04. The fourth-order valence-electron chi connectivity index (χ4n) is 5.08. The van der Waals surface area contributed by atoms with Gasteiger partial charge in [-0.2, -0.15) is 0 Å². The molecule has 0 aromatic rings. The van der Waals surface area contributed by atoms with Gasteiger partial charge in [0, 0.05) is 12.8 Å². The van der Waals surface area contributed by atoms with Crippen molar-refractivity contribution in [2.24, 2.45) is 0 Å². The van der Waals surface area contributed by atoms with Gasteiger partial charge in [0.2, 0.25) is 0 Å². The third-order valence-electron chi connectivity index (χ3n) is 8.10. The summed E-state index contributed by atoms with van der Waals surface area (Å²) in [6.07, 6.45) is 54.4. The molecule has 0 saturated carbocycles. The van der Waals surface area contributed by atoms with Crippen molar-refractivity contribution in [3.63, 3.8) is 0 Å². The second kappa shape index (κ2) is 39.7. The van der Waals surface area contributed by atoms with Gasteiger partial charge in [-0.25, -0.2) is 4.57 Å². The van der Waals surface area contributed by atoms with Gasteiger partial charge in [0.1, 0.15) is 6.61 Å². The number of allylic oxidation sites excluding steroid dienone is 16. The van der Waals surface area contributed by atoms with Crippen molar-refractivity contribution in [2.75, 3.05) is 13.2 Å². The van der Waals surface area contributed by atoms with Crippen molar-refractivity contribution in [2.45, 2.75) is 161 Å². The molecule has 0 aromatic carbocycles. The Bertz CT molecular complexity index is 1190. The van der Waals surface area contributed by atoms with E-state index in [9.17, 15) is 14.2 Å². The molecule has 2 N–H and O–H groups in total. The van der Waals surface area contributed by atoms with Crippen molar-refractivity contribution in [3.8, 4) is 0 Å². The number of ether oxygens (including phenoxy) is 2. The van der Waals surface area contributed by atoms with Crippen LogP contribution in [0.3, 0.4) is 0 Å². The van der Waals surface area contributed by atoms with Crippen LogP contribution in [0.4, 0.5) is 0 Å². The molecule has 0 aromatic heterocycles. The first kappa shape index (κ1) is 51.0. The normalized spacial score (nSPS) is 13.5. The summed E-state index contributed by atoms with van der Waals surface area (Å²) in [4.78, 5) is 42.8. The van der Waals surface area contributed by atoms with Gasteiger partial charge >= 0.3 is 19.8 Å². The lowest BCUT2D eigenvalue weighted by Crippen LogP contribution is -2.29. The van der Waals surface area contributed by atoms with Crippen molar-refractivity contribution in [3.05, 3.63) is 97.2 Å². The fourth-order valence-corrected chi connectivity index (χ4v) is 5.44. The number of unbranched alkanes of at least 4 members (excludes halogenated alkanes) is 10. The standard InChI is InChI=1S/C45H73O8P/c1-3-5-7-9-11-13-15-17-19-21-22-24-25-27-29-31-33-35-37-39-44(46)51-41-43(42-52-54(48,49)50)53-45(47)40-38-36-34-32-30-28-26-23-20-18-16-14-12-10-8-6-4-2/h5,7,11,13,17,19,22,24,26-29,32-35,43H,3-4,6,8-10,12,14-16,18,20-21,23,25,30-31,36-42H2,1-2H3,(H2,48,49,50)/b7-5+,13-11+,19-17+,24-22+,28-26+,29-27+,34-32+,35-33+/t43-/m1/s1. The summed E-state index contributed by atoms with van der Waals surface area (Å²) in [7, 11) is -4.79. The fraction of sp³-hybridized carbons (Fsp3) is 0.600. The van der Waals surface area contributed by atoms with E-state index in [1.54, 1.807) is 0 Å². The quantitative estimate of drug-likeness (QED) is 0.0280. The van der Waals surface area contributed by atoms with Gasteiger partial charge in [-0.1, -0.05) is 162 Å². The van der Waals surface area contributed by atoms with Gasteiger partial charge in [0.05, 0.1) is 6.61 Å². The third-order valence-corrected chi connectivity index (χ3v) is 8.59. The van der Waals surface area contributed by atoms with E-state index in [1.165, 1.54) is 57.8 Å². The molecule has 54 heavy (non-hydrogen) atoms. The van der Waals surface area contributed by atoms with Crippen molar-refractivity contribution in [1.29, 1.82) is 0 Å². The molecule has 0 heterocycles. The molecule has 0 rings (SSSR count). The van der Waals surface area contributed by atoms with Crippen molar-refractivity contribution < 1.29 is 37.9 Å². The summed E-state index contributed by atoms with van der Waals surface area (Å²) in [6.45, 7) is 3.46. The molecule has 0 aliphatic heterocycles. The molecule has 0 bridgehead atoms. The van der Waals surface area contributed by atoms with Crippen LogP contribution < -0.4 is 0 Å². The predicted molar refractivity (Wildman–Crippen MR) is 225 cm³/mol. The predicted octanol–water partition coefficient (Wildman–Crippen LogP) is 12.6. The van der Waals surface area contributed by atoms with Crippen LogP contribution in [0.1, 0.15) is 155 Å². The Kier molecular flexibility index (Phi) is 37.4. The largest absolute Gasteiger partial charge is 0.469 e. The van der Waals surface area contributed by atoms with Gasteiger partial charge in [0.15, 0.2) is 6.10 Å². The summed E-state index contributed by atoms with van der Waals surface area (Å²) < 4.78 is 26.2. The van der Waals surface area contributed by atoms with Gasteiger partial charge in [-0.05, 0) is 77.0 Å². The number of carbonyl (C=O) groups excluding carboxylic acids is 2. The maximum atomic E-state index is 12.4. The maximum Gasteiger partial charge on any atom is 0.469 e. The zero-order chi connectivity index (χ0) is 39.6. The first-order valence-electron chi connectivity index (χ1n) is 20.5. The number of hydrogen-bond acceptors (Lipinski definition) is 6. The number of phosphoric ester groups is 1. The van der Waals surface area contributed by atoms with Crippen molar-refractivity contribution >= 4 is 19.8 Å². The van der Waals surface area contributed by atoms with Crippen LogP contribution in [-0.2, 0) is 28.2 Å². The molecular weight excluding hydrogens is 699 g/mol. The topological polar surface area (TPSA) is 119 Å². The Labute approximate surface area is 328 Å². The minimum Gasteiger partial charge on any atom is -0.462 e. The van der Waals surface area contributed by atoms with Gasteiger partial charge in [-0.3, -0.25) is 14.1 Å². The van der Waals surface area contributed by atoms with Crippen LogP contribution in [0, 0.1) is 0 Å². The first-order valence-corrected chi connectivity index (χ1v) is 22.1. The minimum absolute atomic E-state index is 0.127. The summed E-state index contributed by atoms with van der Waals surface area (Å²) in [5, 5.41) is 0. The van der Waals surface area contributed by atoms with Crippen LogP contribution in [0.25, 0.3) is 0 Å². The van der Waals surface area contributed by atoms with E-state index >= 15 is 0 Å². The average molecular weight is 773 g/mol. The average Bonchev–Trinajstić information content (AvgIpc) is 3.14. The third kappa shape index (κ3) is 41.7. The lowest BCUT2D eigenvalue weighted by atomic mass is 10.1. The SMILES string of the molecule is CC/C=C/C/C=C/C/C=C/C/C=C/C/C=C/C/C=C/CCC(=O)OC[C@H](COP(=O)(O)O)OC(=O)CCC/C=C/C/C=C/CCCCCCCCCCC. The Balaban J connectivity index is 4.14. The Hall–Kier alpha value is -3.03. The Morgan fingerprint density at radius 3 is 1.41 bits per heavy atom. The molecule has 0 aliphatic rings. The second-order valence-electron chi connectivity index (χ2n) is 13.2. The Morgan fingerprint density at radius 2 is 0.926 bits per heavy atom. The minimum atomic E-state index is -4.79. The molecule has 0 amide bonds. The zero-order valence-corrected chi connectivity index (χ0v) is 34.5. The summed E-state index contributed by atoms with van der Waals surface area (Å²) >= 11 is 0. The number of phosphoric acid groups is 1. The molecule has 9 heteroatoms. The molecule has 0 saturated heterocycles. The monoisotopic (exact) mass is 773 g/mol. The Morgan fingerprint density at radius 1 is 0.500 bits per heavy atom. The van der Waals surface area contributed by atoms with E-state index < -0.39 is 32.5 Å². The highest BCUT2D eigenvalue weighted by molar-refractivity contribution is 7.46. The lowest BCUT2D eigenvalue weighted by molar-refractivity contribution is -0.161. The molecule has 0 aliphatic carbocycles. The van der Waals surface area contributed by atoms with E-state index in [-0.39, 0.29) is 19.4 Å². The van der Waals surface area contributed by atoms with Crippen molar-refractivity contribution in [1.82, 2.24) is 0 Å². The van der Waals surface area contributed by atoms with Gasteiger partial charge < -0.3 is 19.3 Å². The second-order valence-corrected chi connectivity index (χ2v) is 14.5. The van der Waals surface area contributed by atoms with Crippen LogP contribution in [-0.4, -0.2) is 41.0 Å². The highest BCUT2D eigenvalue weighted by Crippen LogP contribution is 2.35. The van der Waals surface area contributed by atoms with Gasteiger partial charge in [-0.15, -0.1) is 0 Å². The highest BCUT2D eigenvalue weighted by Gasteiger charge is 2.22. The smallest absolute Gasteiger partial charge is 0.462 e. The maximum absolute atomic E-state index is 12.4. The molecule has 0 fully saturated rings. The van der Waals surface area contributed by atoms with Gasteiger partial charge in [0.25, 0.3) is 0 Å². The molecule has 306 valence electrons. The molecular formula is C45H73O8P. The number of hydrogen-bond donors (Lipinski definition) is 2. The van der Waals surface area contributed by atoms with E-state index in [0.29, 0.717) is 19.3 Å². The van der Waals surface area contributed by atoms with E-state index in [1.807, 2.05) is 18.2 Å². The van der Waals surface area contributed by atoms with Crippen LogP contribution in [0.5, 0.6) is 0 Å². The summed E-state index contributed by atoms with van der Waals surface area (Å²) in [5.41, 5.74) is 0. The molecule has 8 nitrogen and oxygen atoms in total. The summed E-state index contributed by atoms with van der Waals surface area (Å²) in [6, 6.07) is 0. The number of rotatable bonds is 36. The van der Waals surface area contributed by atoms with Crippen LogP contribution in [0.15, 0.2) is 97.2 Å². The number of carbonyl (C=O) groups is 2. The zero-order valence-electron chi connectivity index (χ0n) is 33.6. The molecule has 0 unspecified atom stereocenters. The van der Waals surface area contributed by atoms with Crippen LogP contribution >= 0.6 is 7.82 Å². The van der Waals surface area contributed by atoms with Crippen LogP contribution in [0.2, 0.25) is 0 Å². The lowest BCUT2D eigenvalue weighted by Gasteiger charge is -2.18.